The molecule has 1 fully saturated rings. The highest BCUT2D eigenvalue weighted by Crippen LogP contribution is 2.31. The van der Waals surface area contributed by atoms with Gasteiger partial charge in [-0.25, -0.2) is 0 Å². The molecule has 1 unspecified atom stereocenters. The number of nitrogens with one attached hydrogen (secondary N) is 1. The third-order valence-electron chi connectivity index (χ3n) is 4.03. The van der Waals surface area contributed by atoms with E-state index in [9.17, 15) is 13.2 Å². The Kier molecular flexibility index (Phi) is 4.91. The first-order valence-corrected chi connectivity index (χ1v) is 9.84. The zero-order valence-corrected chi connectivity index (χ0v) is 14.9. The predicted octanol–water partition coefficient (Wildman–Crippen LogP) is 1.79. The minimum absolute atomic E-state index is 0.0438. The van der Waals surface area contributed by atoms with Gasteiger partial charge in [0, 0.05) is 30.3 Å². The lowest BCUT2D eigenvalue weighted by Gasteiger charge is -2.15. The van der Waals surface area contributed by atoms with Crippen LogP contribution in [0.1, 0.15) is 28.8 Å². The molecule has 1 aromatic carbocycles. The fraction of sp³-hybridized carbons (Fsp3) is 0.412. The molecule has 1 aliphatic heterocycles. The summed E-state index contributed by atoms with van der Waals surface area (Å²) >= 11 is 0. The maximum absolute atomic E-state index is 12.6. The maximum Gasteiger partial charge on any atom is 0.306 e. The number of amides is 1. The Morgan fingerprint density at radius 1 is 1.48 bits per heavy atom. The van der Waals surface area contributed by atoms with Crippen molar-refractivity contribution in [2.24, 2.45) is 0 Å². The second kappa shape index (κ2) is 6.97. The fourth-order valence-electron chi connectivity index (χ4n) is 2.90. The van der Waals surface area contributed by atoms with Gasteiger partial charge < -0.3 is 14.2 Å². The number of benzene rings is 1. The minimum atomic E-state index is -3.70. The molecule has 8 heteroatoms. The highest BCUT2D eigenvalue weighted by atomic mass is 32.2. The molecular formula is C17H20N2O5S. The van der Waals surface area contributed by atoms with E-state index in [-0.39, 0.29) is 17.8 Å². The molecule has 3 rings (SSSR count). The Labute approximate surface area is 146 Å². The molecule has 1 amide bonds. The summed E-state index contributed by atoms with van der Waals surface area (Å²) in [6, 6.07) is 5.03. The van der Waals surface area contributed by atoms with Crippen LogP contribution < -0.4 is 9.50 Å². The second-order valence-electron chi connectivity index (χ2n) is 6.10. The van der Waals surface area contributed by atoms with Crippen LogP contribution >= 0.6 is 0 Å². The van der Waals surface area contributed by atoms with Gasteiger partial charge in [0.2, 0.25) is 0 Å². The van der Waals surface area contributed by atoms with Crippen LogP contribution in [0.25, 0.3) is 10.9 Å². The monoisotopic (exact) mass is 364 g/mol. The smallest absolute Gasteiger partial charge is 0.306 e. The van der Waals surface area contributed by atoms with Gasteiger partial charge in [0.25, 0.3) is 5.91 Å². The maximum atomic E-state index is 12.6. The first-order valence-electron chi connectivity index (χ1n) is 8.03. The summed E-state index contributed by atoms with van der Waals surface area (Å²) in [4.78, 5) is 16.8. The number of rotatable bonds is 5. The summed E-state index contributed by atoms with van der Waals surface area (Å²) in [7, 11) is -3.70. The molecular weight excluding hydrogens is 344 g/mol. The van der Waals surface area contributed by atoms with Gasteiger partial charge in [-0.2, -0.15) is 8.42 Å². The van der Waals surface area contributed by atoms with Crippen molar-refractivity contribution in [2.45, 2.75) is 25.9 Å². The van der Waals surface area contributed by atoms with Crippen LogP contribution in [0.3, 0.4) is 0 Å². The van der Waals surface area contributed by atoms with Gasteiger partial charge in [0.15, 0.2) is 5.75 Å². The van der Waals surface area contributed by atoms with Crippen LogP contribution in [0, 0.1) is 6.92 Å². The second-order valence-corrected chi connectivity index (χ2v) is 7.68. The van der Waals surface area contributed by atoms with E-state index in [1.807, 2.05) is 0 Å². The van der Waals surface area contributed by atoms with Crippen LogP contribution in [0.2, 0.25) is 0 Å². The number of fused-ring (bicyclic) bond motifs is 1. The summed E-state index contributed by atoms with van der Waals surface area (Å²) in [6.07, 6.45) is 4.49. The molecule has 0 spiro atoms. The number of carbonyl (C=O) groups excluding carboxylic acids is 1. The van der Waals surface area contributed by atoms with E-state index in [1.165, 1.54) is 6.20 Å². The highest BCUT2D eigenvalue weighted by molar-refractivity contribution is 7.86. The van der Waals surface area contributed by atoms with Gasteiger partial charge in [-0.1, -0.05) is 6.07 Å². The van der Waals surface area contributed by atoms with Gasteiger partial charge in [0.05, 0.1) is 12.4 Å². The van der Waals surface area contributed by atoms with E-state index in [0.29, 0.717) is 28.6 Å². The van der Waals surface area contributed by atoms with Crippen molar-refractivity contribution in [3.63, 3.8) is 0 Å². The van der Waals surface area contributed by atoms with Gasteiger partial charge >= 0.3 is 10.1 Å². The quantitative estimate of drug-likeness (QED) is 0.813. The molecule has 7 nitrogen and oxygen atoms in total. The van der Waals surface area contributed by atoms with Gasteiger partial charge in [-0.15, -0.1) is 0 Å². The Morgan fingerprint density at radius 3 is 2.96 bits per heavy atom. The Hall–Kier alpha value is -2.19. The average Bonchev–Trinajstić information content (AvgIpc) is 3.07. The summed E-state index contributed by atoms with van der Waals surface area (Å²) in [5.41, 5.74) is 1.30. The van der Waals surface area contributed by atoms with E-state index in [1.54, 1.807) is 25.1 Å². The summed E-state index contributed by atoms with van der Waals surface area (Å²) in [6.45, 7) is 2.86. The lowest BCUT2D eigenvalue weighted by Crippen LogP contribution is -2.32. The molecule has 0 saturated carbocycles. The topological polar surface area (TPSA) is 94.6 Å². The van der Waals surface area contributed by atoms with Crippen molar-refractivity contribution in [1.29, 1.82) is 0 Å². The van der Waals surface area contributed by atoms with E-state index >= 15 is 0 Å². The van der Waals surface area contributed by atoms with Crippen LogP contribution in [-0.2, 0) is 14.9 Å². The molecule has 1 N–H and O–H groups in total. The normalized spacial score (nSPS) is 17.6. The number of ether oxygens (including phenoxy) is 1. The molecule has 0 aliphatic carbocycles. The highest BCUT2D eigenvalue weighted by Gasteiger charge is 2.21. The van der Waals surface area contributed by atoms with Crippen LogP contribution in [-0.4, -0.2) is 44.8 Å². The molecule has 134 valence electrons. The van der Waals surface area contributed by atoms with Crippen LogP contribution in [0.4, 0.5) is 0 Å². The molecule has 0 radical (unpaired) electrons. The molecule has 2 heterocycles. The van der Waals surface area contributed by atoms with Crippen molar-refractivity contribution in [2.75, 3.05) is 19.4 Å². The zero-order valence-electron chi connectivity index (χ0n) is 14.1. The van der Waals surface area contributed by atoms with Crippen LogP contribution in [0.15, 0.2) is 24.4 Å². The Balaban J connectivity index is 1.96. The van der Waals surface area contributed by atoms with E-state index in [2.05, 4.69) is 10.3 Å². The van der Waals surface area contributed by atoms with Crippen molar-refractivity contribution in [3.8, 4) is 5.75 Å². The van der Waals surface area contributed by atoms with Gasteiger partial charge in [-0.3, -0.25) is 9.78 Å². The first-order chi connectivity index (χ1) is 11.8. The molecule has 0 bridgehead atoms. The first kappa shape index (κ1) is 17.6. The van der Waals surface area contributed by atoms with E-state index in [4.69, 9.17) is 8.92 Å². The number of hydrogen-bond donors (Lipinski definition) is 1. The molecule has 1 aromatic heterocycles. The Morgan fingerprint density at radius 2 is 2.28 bits per heavy atom. The number of pyridine rings is 1. The molecule has 1 saturated heterocycles. The Bertz CT molecular complexity index is 905. The standard InChI is InChI=1S/C17H20N2O5S/c1-11-9-14(17(20)19-10-12-5-4-8-23-12)13-6-3-7-18-15(13)16(11)24-25(2,21)22/h3,6-7,9,12H,4-5,8,10H2,1-2H3,(H,19,20). The molecule has 2 aromatic rings. The number of hydrogen-bond acceptors (Lipinski definition) is 6. The lowest BCUT2D eigenvalue weighted by atomic mass is 10.0. The third kappa shape index (κ3) is 4.08. The number of aryl methyl sites for hydroxylation is 1. The van der Waals surface area contributed by atoms with E-state index < -0.39 is 10.1 Å². The third-order valence-corrected chi connectivity index (χ3v) is 4.49. The van der Waals surface area contributed by atoms with E-state index in [0.717, 1.165) is 25.7 Å². The van der Waals surface area contributed by atoms with Crippen molar-refractivity contribution in [3.05, 3.63) is 35.5 Å². The molecule has 1 aliphatic rings. The van der Waals surface area contributed by atoms with Gasteiger partial charge in [0.1, 0.15) is 5.52 Å². The zero-order chi connectivity index (χ0) is 18.0. The predicted molar refractivity (Wildman–Crippen MR) is 93.3 cm³/mol. The van der Waals surface area contributed by atoms with Gasteiger partial charge in [-0.05, 0) is 37.5 Å². The summed E-state index contributed by atoms with van der Waals surface area (Å²) < 4.78 is 33.6. The van der Waals surface area contributed by atoms with Crippen LogP contribution in [0.5, 0.6) is 5.75 Å². The summed E-state index contributed by atoms with van der Waals surface area (Å²) in [5.74, 6) is -0.101. The largest absolute Gasteiger partial charge is 0.380 e. The number of carbonyl (C=O) groups is 1. The molecule has 1 atom stereocenters. The average molecular weight is 364 g/mol. The summed E-state index contributed by atoms with van der Waals surface area (Å²) in [5, 5.41) is 3.42. The fourth-order valence-corrected chi connectivity index (χ4v) is 3.41. The minimum Gasteiger partial charge on any atom is -0.380 e. The SMILES string of the molecule is Cc1cc(C(=O)NCC2CCCO2)c2cccnc2c1OS(C)(=O)=O. The van der Waals surface area contributed by atoms with Crippen molar-refractivity contribution in [1.82, 2.24) is 10.3 Å². The number of nitrogens with zero attached hydrogens (tertiary/aromatic N) is 1. The lowest BCUT2D eigenvalue weighted by molar-refractivity contribution is 0.0859. The van der Waals surface area contributed by atoms with Crippen molar-refractivity contribution >= 4 is 26.9 Å². The number of aromatic nitrogens is 1. The molecule has 25 heavy (non-hydrogen) atoms. The van der Waals surface area contributed by atoms with Crippen molar-refractivity contribution < 1.29 is 22.1 Å².